The zero-order valence-corrected chi connectivity index (χ0v) is 13.4. The number of nitrogens with one attached hydrogen (secondary N) is 1. The first-order valence-electron chi connectivity index (χ1n) is 8.05. The molecule has 2 heteroatoms. The van der Waals surface area contributed by atoms with E-state index in [9.17, 15) is 0 Å². The van der Waals surface area contributed by atoms with Gasteiger partial charge in [-0.2, -0.15) is 0 Å². The van der Waals surface area contributed by atoms with Gasteiger partial charge < -0.3 is 10.1 Å². The maximum atomic E-state index is 6.27. The fraction of sp³-hybridized carbons (Fsp3) is 0.667. The maximum absolute atomic E-state index is 6.27. The molecule has 0 aromatic heterocycles. The number of ether oxygens (including phenoxy) is 1. The average molecular weight is 275 g/mol. The maximum Gasteiger partial charge on any atom is 0.0775 e. The third-order valence-electron chi connectivity index (χ3n) is 4.51. The Balaban J connectivity index is 2.07. The molecule has 0 heterocycles. The molecule has 112 valence electrons. The molecule has 0 saturated heterocycles. The first-order valence-corrected chi connectivity index (χ1v) is 8.05. The molecule has 2 rings (SSSR count). The highest BCUT2D eigenvalue weighted by atomic mass is 16.5. The minimum Gasteiger partial charge on any atom is -0.376 e. The molecule has 1 aromatic rings. The van der Waals surface area contributed by atoms with Crippen LogP contribution in [0.5, 0.6) is 0 Å². The minimum atomic E-state index is 0.296. The third-order valence-corrected chi connectivity index (χ3v) is 4.51. The van der Waals surface area contributed by atoms with Crippen LogP contribution >= 0.6 is 0 Å². The van der Waals surface area contributed by atoms with Crippen molar-refractivity contribution in [2.45, 2.75) is 58.1 Å². The summed E-state index contributed by atoms with van der Waals surface area (Å²) in [6, 6.07) is 9.12. The first-order chi connectivity index (χ1) is 9.67. The van der Waals surface area contributed by atoms with Crippen LogP contribution < -0.4 is 5.32 Å². The van der Waals surface area contributed by atoms with Gasteiger partial charge in [0.05, 0.1) is 12.1 Å². The van der Waals surface area contributed by atoms with Crippen molar-refractivity contribution in [3.8, 4) is 0 Å². The monoisotopic (exact) mass is 275 g/mol. The van der Waals surface area contributed by atoms with Crippen molar-refractivity contribution >= 4 is 0 Å². The third kappa shape index (κ3) is 3.42. The van der Waals surface area contributed by atoms with E-state index in [4.69, 9.17) is 4.74 Å². The number of rotatable bonds is 6. The van der Waals surface area contributed by atoms with Gasteiger partial charge in [0, 0.05) is 6.61 Å². The highest BCUT2D eigenvalue weighted by Gasteiger charge is 2.32. The Hall–Kier alpha value is -0.860. The van der Waals surface area contributed by atoms with Crippen LogP contribution in [0.15, 0.2) is 24.3 Å². The zero-order chi connectivity index (χ0) is 14.5. The number of benzene rings is 1. The molecule has 0 bridgehead atoms. The van der Waals surface area contributed by atoms with E-state index in [0.717, 1.165) is 13.0 Å². The van der Waals surface area contributed by atoms with Gasteiger partial charge in [0.15, 0.2) is 0 Å². The van der Waals surface area contributed by atoms with E-state index >= 15 is 0 Å². The first kappa shape index (κ1) is 15.5. The zero-order valence-electron chi connectivity index (χ0n) is 13.4. The number of hydrogen-bond acceptors (Lipinski definition) is 2. The predicted octanol–water partition coefficient (Wildman–Crippen LogP) is 4.28. The standard InChI is InChI=1S/C18H29NO/c1-5-8-13(2)12-20-17-11-14(3)15-9-6-7-10-16(15)18(17)19-4/h6-7,9-10,13-14,17-19H,5,8,11-12H2,1-4H3. The van der Waals surface area contributed by atoms with E-state index in [0.29, 0.717) is 24.0 Å². The van der Waals surface area contributed by atoms with Crippen molar-refractivity contribution in [1.29, 1.82) is 0 Å². The van der Waals surface area contributed by atoms with Crippen molar-refractivity contribution in [2.24, 2.45) is 5.92 Å². The second-order valence-corrected chi connectivity index (χ2v) is 6.30. The SMILES string of the molecule is CCCC(C)COC1CC(C)c2ccccc2C1NC. The lowest BCUT2D eigenvalue weighted by Gasteiger charge is -2.37. The van der Waals surface area contributed by atoms with Gasteiger partial charge in [-0.3, -0.25) is 0 Å². The molecule has 20 heavy (non-hydrogen) atoms. The molecule has 0 radical (unpaired) electrons. The van der Waals surface area contributed by atoms with Crippen LogP contribution in [0.1, 0.15) is 63.1 Å². The van der Waals surface area contributed by atoms with Gasteiger partial charge >= 0.3 is 0 Å². The summed E-state index contributed by atoms with van der Waals surface area (Å²) in [5.41, 5.74) is 2.90. The summed E-state index contributed by atoms with van der Waals surface area (Å²) in [5.74, 6) is 1.24. The highest BCUT2D eigenvalue weighted by Crippen LogP contribution is 2.38. The summed E-state index contributed by atoms with van der Waals surface area (Å²) in [6.45, 7) is 7.73. The highest BCUT2D eigenvalue weighted by molar-refractivity contribution is 5.36. The lowest BCUT2D eigenvalue weighted by atomic mass is 9.79. The average Bonchev–Trinajstić information content (AvgIpc) is 2.46. The Morgan fingerprint density at radius 3 is 2.65 bits per heavy atom. The number of likely N-dealkylation sites (N-methyl/N-ethyl adjacent to an activating group) is 1. The summed E-state index contributed by atoms with van der Waals surface area (Å²) >= 11 is 0. The topological polar surface area (TPSA) is 21.3 Å². The van der Waals surface area contributed by atoms with Crippen LogP contribution in [0, 0.1) is 5.92 Å². The molecule has 0 amide bonds. The molecular formula is C18H29NO. The summed E-state index contributed by atoms with van der Waals surface area (Å²) in [4.78, 5) is 0. The van der Waals surface area contributed by atoms with E-state index in [2.05, 4.69) is 50.4 Å². The predicted molar refractivity (Wildman–Crippen MR) is 85.1 cm³/mol. The largest absolute Gasteiger partial charge is 0.376 e. The molecule has 0 spiro atoms. The Labute approximate surface area is 123 Å². The van der Waals surface area contributed by atoms with Crippen LogP contribution in [0.25, 0.3) is 0 Å². The molecule has 1 N–H and O–H groups in total. The van der Waals surface area contributed by atoms with Gasteiger partial charge in [-0.1, -0.05) is 51.5 Å². The molecule has 4 unspecified atom stereocenters. The lowest BCUT2D eigenvalue weighted by molar-refractivity contribution is -0.00476. The molecule has 0 fully saturated rings. The molecule has 2 nitrogen and oxygen atoms in total. The second-order valence-electron chi connectivity index (χ2n) is 6.30. The van der Waals surface area contributed by atoms with Gasteiger partial charge in [0.1, 0.15) is 0 Å². The smallest absolute Gasteiger partial charge is 0.0775 e. The fourth-order valence-corrected chi connectivity index (χ4v) is 3.42. The Kier molecular flexibility index (Phi) is 5.62. The van der Waals surface area contributed by atoms with E-state index in [1.165, 1.54) is 24.0 Å². The van der Waals surface area contributed by atoms with Crippen molar-refractivity contribution in [1.82, 2.24) is 5.32 Å². The normalized spacial score (nSPS) is 27.1. The second kappa shape index (κ2) is 7.24. The van der Waals surface area contributed by atoms with E-state index < -0.39 is 0 Å². The summed E-state index contributed by atoms with van der Waals surface area (Å²) < 4.78 is 6.27. The summed E-state index contributed by atoms with van der Waals surface area (Å²) in [7, 11) is 2.04. The van der Waals surface area contributed by atoms with Crippen molar-refractivity contribution in [2.75, 3.05) is 13.7 Å². The molecule has 0 saturated carbocycles. The molecule has 0 aliphatic heterocycles. The molecule has 1 aliphatic carbocycles. The van der Waals surface area contributed by atoms with Gasteiger partial charge in [0.25, 0.3) is 0 Å². The Morgan fingerprint density at radius 1 is 1.30 bits per heavy atom. The van der Waals surface area contributed by atoms with Crippen LogP contribution in [0.4, 0.5) is 0 Å². The minimum absolute atomic E-state index is 0.296. The lowest BCUT2D eigenvalue weighted by Crippen LogP contribution is -2.37. The Bertz CT molecular complexity index is 418. The van der Waals surface area contributed by atoms with Crippen LogP contribution in [0.3, 0.4) is 0 Å². The molecule has 1 aliphatic rings. The van der Waals surface area contributed by atoms with Crippen LogP contribution in [-0.2, 0) is 4.74 Å². The summed E-state index contributed by atoms with van der Waals surface area (Å²) in [6.07, 6.45) is 3.90. The quantitative estimate of drug-likeness (QED) is 0.837. The van der Waals surface area contributed by atoms with Crippen molar-refractivity contribution < 1.29 is 4.74 Å². The van der Waals surface area contributed by atoms with Crippen molar-refractivity contribution in [3.05, 3.63) is 35.4 Å². The number of fused-ring (bicyclic) bond motifs is 1. The van der Waals surface area contributed by atoms with Gasteiger partial charge in [-0.25, -0.2) is 0 Å². The van der Waals surface area contributed by atoms with Crippen molar-refractivity contribution in [3.63, 3.8) is 0 Å². The molecule has 1 aromatic carbocycles. The van der Waals surface area contributed by atoms with E-state index in [-0.39, 0.29) is 0 Å². The van der Waals surface area contributed by atoms with Gasteiger partial charge in [-0.15, -0.1) is 0 Å². The fourth-order valence-electron chi connectivity index (χ4n) is 3.42. The Morgan fingerprint density at radius 2 is 2.00 bits per heavy atom. The summed E-state index contributed by atoms with van der Waals surface area (Å²) in [5, 5.41) is 3.46. The van der Waals surface area contributed by atoms with Gasteiger partial charge in [-0.05, 0) is 42.9 Å². The van der Waals surface area contributed by atoms with E-state index in [1.54, 1.807) is 0 Å². The number of hydrogen-bond donors (Lipinski definition) is 1. The molecule has 4 atom stereocenters. The van der Waals surface area contributed by atoms with Crippen LogP contribution in [0.2, 0.25) is 0 Å². The van der Waals surface area contributed by atoms with Gasteiger partial charge in [0.2, 0.25) is 0 Å². The van der Waals surface area contributed by atoms with Crippen LogP contribution in [-0.4, -0.2) is 19.8 Å². The molecular weight excluding hydrogens is 246 g/mol. The van der Waals surface area contributed by atoms with E-state index in [1.807, 2.05) is 7.05 Å².